The summed E-state index contributed by atoms with van der Waals surface area (Å²) in [7, 11) is -4.37. The van der Waals surface area contributed by atoms with Crippen molar-refractivity contribution in [3.8, 4) is 16.9 Å². The van der Waals surface area contributed by atoms with Crippen LogP contribution in [0.5, 0.6) is 0 Å². The first-order chi connectivity index (χ1) is 21.7. The maximum absolute atomic E-state index is 13.5. The molecule has 2 heterocycles. The van der Waals surface area contributed by atoms with Crippen molar-refractivity contribution < 1.29 is 45.5 Å². The average molecular weight is 667 g/mol. The van der Waals surface area contributed by atoms with E-state index in [1.165, 1.54) is 12.1 Å². The number of benzene rings is 2. The summed E-state index contributed by atoms with van der Waals surface area (Å²) in [5.41, 5.74) is 0.631. The highest BCUT2D eigenvalue weighted by Gasteiger charge is 2.35. The Morgan fingerprint density at radius 2 is 1.78 bits per heavy atom. The number of rotatable bonds is 11. The van der Waals surface area contributed by atoms with Crippen LogP contribution in [0.4, 0.5) is 18.0 Å². The topological polar surface area (TPSA) is 154 Å². The lowest BCUT2D eigenvalue weighted by Gasteiger charge is -2.28. The number of sulfonamides is 1. The lowest BCUT2D eigenvalue weighted by Crippen LogP contribution is -2.36. The predicted octanol–water partition coefficient (Wildman–Crippen LogP) is 5.45. The van der Waals surface area contributed by atoms with Gasteiger partial charge in [-0.15, -0.1) is 0 Å². The summed E-state index contributed by atoms with van der Waals surface area (Å²) in [5, 5.41) is 12.7. The van der Waals surface area contributed by atoms with Gasteiger partial charge in [0.05, 0.1) is 28.8 Å². The van der Waals surface area contributed by atoms with Crippen LogP contribution in [-0.2, 0) is 35.3 Å². The zero-order valence-electron chi connectivity index (χ0n) is 25.2. The van der Waals surface area contributed by atoms with Crippen LogP contribution in [0.3, 0.4) is 0 Å². The lowest BCUT2D eigenvalue weighted by molar-refractivity contribution is -0.161. The minimum Gasteiger partial charge on any atom is -0.448 e. The fraction of sp³-hybridized carbons (Fsp3) is 0.414. The molecule has 1 N–H and O–H groups in total. The third-order valence-electron chi connectivity index (χ3n) is 6.85. The predicted molar refractivity (Wildman–Crippen MR) is 156 cm³/mol. The Balaban J connectivity index is 1.34. The van der Waals surface area contributed by atoms with Gasteiger partial charge in [-0.05, 0) is 55.3 Å². The van der Waals surface area contributed by atoms with E-state index in [1.54, 1.807) is 43.1 Å². The largest absolute Gasteiger partial charge is 0.448 e. The highest BCUT2D eigenvalue weighted by Crippen LogP contribution is 2.33. The van der Waals surface area contributed by atoms with Crippen molar-refractivity contribution >= 4 is 22.1 Å². The number of halogens is 3. The molecule has 1 amide bonds. The minimum absolute atomic E-state index is 0.0954. The molecule has 0 aliphatic carbocycles. The van der Waals surface area contributed by atoms with Crippen LogP contribution in [0.25, 0.3) is 16.9 Å². The number of alkyl halides is 3. The van der Waals surface area contributed by atoms with Gasteiger partial charge in [-0.1, -0.05) is 43.7 Å². The summed E-state index contributed by atoms with van der Waals surface area (Å²) in [6.07, 6.45) is -4.50. The average Bonchev–Trinajstić information content (AvgIpc) is 3.47. The fourth-order valence-electron chi connectivity index (χ4n) is 4.42. The molecule has 2 aromatic carbocycles. The summed E-state index contributed by atoms with van der Waals surface area (Å²) in [6, 6.07) is 12.6. The van der Waals surface area contributed by atoms with Gasteiger partial charge >= 0.3 is 18.2 Å². The number of piperidine rings is 1. The zero-order chi connectivity index (χ0) is 33.5. The Morgan fingerprint density at radius 3 is 2.43 bits per heavy atom. The Labute approximate surface area is 263 Å². The quantitative estimate of drug-likeness (QED) is 0.0925. The number of esters is 1. The molecule has 0 spiro atoms. The number of aryl methyl sites for hydroxylation is 1. The summed E-state index contributed by atoms with van der Waals surface area (Å²) in [4.78, 5) is 28.3. The monoisotopic (exact) mass is 666 g/mol. The molecule has 248 valence electrons. The van der Waals surface area contributed by atoms with Crippen molar-refractivity contribution in [3.63, 3.8) is 0 Å². The molecule has 0 bridgehead atoms. The molecular weight excluding hydrogens is 633 g/mol. The number of hydrogen-bond donors (Lipinski definition) is 1. The van der Waals surface area contributed by atoms with E-state index in [1.807, 2.05) is 11.6 Å². The number of nitrogens with one attached hydrogen (secondary N) is 1. The SMILES string of the molecule is Cc1ccc(-c2cc(C(F)(F)F)nn2-c2ccc(S(=O)(=O)NC(=O)OCC3CCCN(N=NOCOC(=O)C(C)C)C3)cc2)cc1. The van der Waals surface area contributed by atoms with Gasteiger partial charge in [0.15, 0.2) is 5.69 Å². The van der Waals surface area contributed by atoms with Gasteiger partial charge in [0.25, 0.3) is 16.8 Å². The molecule has 1 saturated heterocycles. The van der Waals surface area contributed by atoms with Gasteiger partial charge in [0.1, 0.15) is 0 Å². The third kappa shape index (κ3) is 9.18. The summed E-state index contributed by atoms with van der Waals surface area (Å²) in [5.74, 6) is -0.912. The van der Waals surface area contributed by atoms with E-state index in [0.29, 0.717) is 31.5 Å². The van der Waals surface area contributed by atoms with Gasteiger partial charge in [-0.2, -0.15) is 18.3 Å². The van der Waals surface area contributed by atoms with Crippen LogP contribution < -0.4 is 4.72 Å². The number of carbonyl (C=O) groups is 2. The second-order valence-electron chi connectivity index (χ2n) is 10.8. The molecule has 17 heteroatoms. The van der Waals surface area contributed by atoms with Crippen LogP contribution in [-0.4, -0.2) is 61.8 Å². The van der Waals surface area contributed by atoms with E-state index in [-0.39, 0.29) is 41.5 Å². The number of ether oxygens (including phenoxy) is 2. The van der Waals surface area contributed by atoms with Crippen molar-refractivity contribution in [1.29, 1.82) is 0 Å². The molecule has 13 nitrogen and oxygen atoms in total. The summed E-state index contributed by atoms with van der Waals surface area (Å²) >= 11 is 0. The van der Waals surface area contributed by atoms with Gasteiger partial charge in [0, 0.05) is 29.8 Å². The standard InChI is InChI=1S/C29H33F3N6O7S/c1-19(2)27(39)44-18-45-36-35-37-14-4-5-21(16-37)17-43-28(40)34-46(41,42)24-12-10-23(11-13-24)38-25(15-26(33-38)29(30,31)32)22-8-6-20(3)7-9-22/h6-13,15,19,21H,4-5,14,16-18H2,1-3H3,(H,34,40). The molecule has 0 saturated carbocycles. The molecular formula is C29H33F3N6O7S. The number of nitrogens with zero attached hydrogens (tertiary/aromatic N) is 5. The second-order valence-corrected chi connectivity index (χ2v) is 12.5. The van der Waals surface area contributed by atoms with E-state index in [9.17, 15) is 31.2 Å². The molecule has 0 radical (unpaired) electrons. The molecule has 3 aromatic rings. The van der Waals surface area contributed by atoms with E-state index < -0.39 is 34.0 Å². The molecule has 1 unspecified atom stereocenters. The molecule has 1 atom stereocenters. The molecule has 1 fully saturated rings. The van der Waals surface area contributed by atoms with Gasteiger partial charge in [-0.3, -0.25) is 9.80 Å². The normalized spacial score (nSPS) is 15.6. The van der Waals surface area contributed by atoms with Crippen LogP contribution in [0.15, 0.2) is 70.0 Å². The third-order valence-corrected chi connectivity index (χ3v) is 8.18. The van der Waals surface area contributed by atoms with Crippen LogP contribution in [0.2, 0.25) is 0 Å². The number of hydrogen-bond acceptors (Lipinski definition) is 10. The van der Waals surface area contributed by atoms with Crippen molar-refractivity contribution in [1.82, 2.24) is 19.5 Å². The van der Waals surface area contributed by atoms with Crippen LogP contribution >= 0.6 is 0 Å². The summed E-state index contributed by atoms with van der Waals surface area (Å²) < 4.78 is 79.1. The van der Waals surface area contributed by atoms with Crippen LogP contribution in [0.1, 0.15) is 37.9 Å². The maximum atomic E-state index is 13.5. The second kappa shape index (κ2) is 14.6. The maximum Gasteiger partial charge on any atom is 0.435 e. The smallest absolute Gasteiger partial charge is 0.435 e. The molecule has 1 aliphatic rings. The Morgan fingerprint density at radius 1 is 1.09 bits per heavy atom. The minimum atomic E-state index is -4.70. The molecule has 1 aliphatic heterocycles. The van der Waals surface area contributed by atoms with E-state index in [2.05, 4.69) is 15.6 Å². The number of aromatic nitrogens is 2. The van der Waals surface area contributed by atoms with Crippen molar-refractivity contribution in [2.75, 3.05) is 26.5 Å². The van der Waals surface area contributed by atoms with E-state index in [4.69, 9.17) is 14.3 Å². The fourth-order valence-corrected chi connectivity index (χ4v) is 5.31. The zero-order valence-corrected chi connectivity index (χ0v) is 26.0. The van der Waals surface area contributed by atoms with E-state index in [0.717, 1.165) is 28.4 Å². The van der Waals surface area contributed by atoms with Crippen molar-refractivity contribution in [2.24, 2.45) is 22.3 Å². The number of carbonyl (C=O) groups excluding carboxylic acids is 2. The first-order valence-electron chi connectivity index (χ1n) is 14.2. The Bertz CT molecular complexity index is 1640. The summed E-state index contributed by atoms with van der Waals surface area (Å²) in [6.45, 7) is 5.65. The van der Waals surface area contributed by atoms with Crippen molar-refractivity contribution in [3.05, 3.63) is 65.9 Å². The highest BCUT2D eigenvalue weighted by molar-refractivity contribution is 7.90. The highest BCUT2D eigenvalue weighted by atomic mass is 32.2. The first kappa shape index (κ1) is 34.2. The van der Waals surface area contributed by atoms with E-state index >= 15 is 0 Å². The first-order valence-corrected chi connectivity index (χ1v) is 15.7. The molecule has 1 aromatic heterocycles. The Kier molecular flexibility index (Phi) is 10.9. The lowest BCUT2D eigenvalue weighted by atomic mass is 10.0. The number of amides is 1. The van der Waals surface area contributed by atoms with Gasteiger partial charge in [-0.25, -0.2) is 22.6 Å². The van der Waals surface area contributed by atoms with Crippen molar-refractivity contribution in [2.45, 2.75) is 44.7 Å². The Hall–Kier alpha value is -4.67. The molecule has 4 rings (SSSR count). The van der Waals surface area contributed by atoms with Gasteiger partial charge in [0.2, 0.25) is 0 Å². The van der Waals surface area contributed by atoms with Gasteiger partial charge < -0.3 is 14.3 Å². The molecule has 46 heavy (non-hydrogen) atoms. The van der Waals surface area contributed by atoms with Crippen LogP contribution in [0, 0.1) is 18.8 Å².